The quantitative estimate of drug-likeness (QED) is 0.553. The van der Waals surface area contributed by atoms with Crippen LogP contribution in [0.15, 0.2) is 18.2 Å². The van der Waals surface area contributed by atoms with Gasteiger partial charge in [-0.15, -0.1) is 0 Å². The lowest BCUT2D eigenvalue weighted by Crippen LogP contribution is -2.32. The molecule has 1 aromatic carbocycles. The van der Waals surface area contributed by atoms with E-state index in [-0.39, 0.29) is 29.8 Å². The Hall–Kier alpha value is -1.31. The van der Waals surface area contributed by atoms with Gasteiger partial charge < -0.3 is 15.5 Å². The third-order valence-corrected chi connectivity index (χ3v) is 4.13. The van der Waals surface area contributed by atoms with E-state index in [1.54, 1.807) is 13.8 Å². The summed E-state index contributed by atoms with van der Waals surface area (Å²) >= 11 is 0. The standard InChI is InChI=1S/C12H20N2O4S/c1-3-14-19(17,18)7-6-13-9(2)11-8-10(15)4-5-12(11)16/h4-5,8-9,13-16H,3,6-7H2,1-2H3. The number of hydrogen-bond acceptors (Lipinski definition) is 5. The van der Waals surface area contributed by atoms with E-state index >= 15 is 0 Å². The van der Waals surface area contributed by atoms with E-state index in [2.05, 4.69) is 10.0 Å². The normalized spacial score (nSPS) is 13.4. The summed E-state index contributed by atoms with van der Waals surface area (Å²) < 4.78 is 25.3. The summed E-state index contributed by atoms with van der Waals surface area (Å²) in [4.78, 5) is 0. The Morgan fingerprint density at radius 2 is 2.00 bits per heavy atom. The van der Waals surface area contributed by atoms with E-state index < -0.39 is 10.0 Å². The van der Waals surface area contributed by atoms with Crippen molar-refractivity contribution in [2.75, 3.05) is 18.8 Å². The summed E-state index contributed by atoms with van der Waals surface area (Å²) in [6, 6.07) is 3.98. The van der Waals surface area contributed by atoms with Crippen LogP contribution in [-0.2, 0) is 10.0 Å². The van der Waals surface area contributed by atoms with Crippen LogP contribution in [0.3, 0.4) is 0 Å². The third kappa shape index (κ3) is 5.06. The van der Waals surface area contributed by atoms with E-state index in [0.717, 1.165) is 0 Å². The fraction of sp³-hybridized carbons (Fsp3) is 0.500. The van der Waals surface area contributed by atoms with Gasteiger partial charge in [-0.2, -0.15) is 0 Å². The van der Waals surface area contributed by atoms with Crippen molar-refractivity contribution in [2.24, 2.45) is 0 Å². The minimum atomic E-state index is -3.25. The molecule has 4 N–H and O–H groups in total. The predicted molar refractivity (Wildman–Crippen MR) is 73.7 cm³/mol. The zero-order valence-corrected chi connectivity index (χ0v) is 11.9. The average molecular weight is 288 g/mol. The molecule has 1 unspecified atom stereocenters. The second kappa shape index (κ2) is 6.74. The molecule has 0 spiro atoms. The van der Waals surface area contributed by atoms with Gasteiger partial charge in [0.1, 0.15) is 11.5 Å². The van der Waals surface area contributed by atoms with Gasteiger partial charge in [0.2, 0.25) is 10.0 Å². The summed E-state index contributed by atoms with van der Waals surface area (Å²) in [6.07, 6.45) is 0. The Morgan fingerprint density at radius 1 is 1.32 bits per heavy atom. The molecule has 0 fully saturated rings. The Labute approximate surface area is 113 Å². The molecule has 0 heterocycles. The van der Waals surface area contributed by atoms with Crippen molar-refractivity contribution in [3.63, 3.8) is 0 Å². The number of phenolic OH excluding ortho intramolecular Hbond substituents is 2. The van der Waals surface area contributed by atoms with Crippen LogP contribution >= 0.6 is 0 Å². The zero-order chi connectivity index (χ0) is 14.5. The molecule has 0 aromatic heterocycles. The minimum absolute atomic E-state index is 0.0369. The summed E-state index contributed by atoms with van der Waals surface area (Å²) in [5.74, 6) is 0.0826. The van der Waals surface area contributed by atoms with Gasteiger partial charge in [-0.1, -0.05) is 6.92 Å². The van der Waals surface area contributed by atoms with Crippen LogP contribution in [0.4, 0.5) is 0 Å². The molecule has 0 amide bonds. The lowest BCUT2D eigenvalue weighted by Gasteiger charge is -2.16. The molecule has 0 bridgehead atoms. The van der Waals surface area contributed by atoms with Crippen molar-refractivity contribution < 1.29 is 18.6 Å². The largest absolute Gasteiger partial charge is 0.508 e. The molecule has 19 heavy (non-hydrogen) atoms. The first kappa shape index (κ1) is 15.7. The van der Waals surface area contributed by atoms with Gasteiger partial charge in [0.05, 0.1) is 5.75 Å². The van der Waals surface area contributed by atoms with Gasteiger partial charge in [-0.05, 0) is 25.1 Å². The number of hydrogen-bond donors (Lipinski definition) is 4. The molecule has 1 atom stereocenters. The first-order chi connectivity index (χ1) is 8.85. The van der Waals surface area contributed by atoms with Crippen LogP contribution < -0.4 is 10.0 Å². The highest BCUT2D eigenvalue weighted by Crippen LogP contribution is 2.27. The molecule has 0 aliphatic rings. The van der Waals surface area contributed by atoms with Crippen molar-refractivity contribution in [3.8, 4) is 11.5 Å². The Balaban J connectivity index is 2.56. The molecule has 1 aromatic rings. The van der Waals surface area contributed by atoms with Crippen LogP contribution in [0, 0.1) is 0 Å². The predicted octanol–water partition coefficient (Wildman–Crippen LogP) is 0.688. The van der Waals surface area contributed by atoms with E-state index in [1.807, 2.05) is 0 Å². The third-order valence-electron chi connectivity index (χ3n) is 2.66. The van der Waals surface area contributed by atoms with E-state index in [4.69, 9.17) is 0 Å². The van der Waals surface area contributed by atoms with Gasteiger partial charge in [0.15, 0.2) is 0 Å². The lowest BCUT2D eigenvalue weighted by atomic mass is 10.1. The monoisotopic (exact) mass is 288 g/mol. The number of sulfonamides is 1. The summed E-state index contributed by atoms with van der Waals surface area (Å²) in [6.45, 7) is 4.13. The molecular weight excluding hydrogens is 268 g/mol. The molecule has 0 radical (unpaired) electrons. The molecule has 108 valence electrons. The second-order valence-electron chi connectivity index (χ2n) is 4.24. The van der Waals surface area contributed by atoms with Gasteiger partial charge in [0, 0.05) is 24.7 Å². The van der Waals surface area contributed by atoms with Crippen LogP contribution in [0.5, 0.6) is 11.5 Å². The van der Waals surface area contributed by atoms with Crippen LogP contribution in [0.1, 0.15) is 25.5 Å². The van der Waals surface area contributed by atoms with Crippen molar-refractivity contribution >= 4 is 10.0 Å². The highest BCUT2D eigenvalue weighted by atomic mass is 32.2. The molecular formula is C12H20N2O4S. The number of aromatic hydroxyl groups is 2. The van der Waals surface area contributed by atoms with Crippen molar-refractivity contribution in [1.82, 2.24) is 10.0 Å². The number of benzene rings is 1. The molecule has 6 nitrogen and oxygen atoms in total. The van der Waals surface area contributed by atoms with Gasteiger partial charge >= 0.3 is 0 Å². The molecule has 7 heteroatoms. The number of nitrogens with one attached hydrogen (secondary N) is 2. The van der Waals surface area contributed by atoms with E-state index in [0.29, 0.717) is 12.1 Å². The maximum Gasteiger partial charge on any atom is 0.212 e. The van der Waals surface area contributed by atoms with Crippen molar-refractivity contribution in [1.29, 1.82) is 0 Å². The van der Waals surface area contributed by atoms with Crippen LogP contribution in [0.25, 0.3) is 0 Å². The fourth-order valence-corrected chi connectivity index (χ4v) is 2.67. The lowest BCUT2D eigenvalue weighted by molar-refractivity contribution is 0.442. The Morgan fingerprint density at radius 3 is 2.63 bits per heavy atom. The summed E-state index contributed by atoms with van der Waals surface area (Å²) in [5, 5.41) is 22.0. The second-order valence-corrected chi connectivity index (χ2v) is 6.16. The zero-order valence-electron chi connectivity index (χ0n) is 11.0. The van der Waals surface area contributed by atoms with E-state index in [9.17, 15) is 18.6 Å². The number of phenols is 2. The highest BCUT2D eigenvalue weighted by Gasteiger charge is 2.13. The molecule has 0 aliphatic carbocycles. The average Bonchev–Trinajstić information content (AvgIpc) is 2.31. The van der Waals surface area contributed by atoms with E-state index in [1.165, 1.54) is 18.2 Å². The maximum absolute atomic E-state index is 11.4. The molecule has 1 rings (SSSR count). The Bertz CT molecular complexity index is 516. The van der Waals surface area contributed by atoms with Crippen molar-refractivity contribution in [3.05, 3.63) is 23.8 Å². The van der Waals surface area contributed by atoms with Gasteiger partial charge in [-0.25, -0.2) is 13.1 Å². The SMILES string of the molecule is CCNS(=O)(=O)CCNC(C)c1cc(O)ccc1O. The highest BCUT2D eigenvalue weighted by molar-refractivity contribution is 7.89. The smallest absolute Gasteiger partial charge is 0.212 e. The number of rotatable bonds is 7. The molecule has 0 saturated carbocycles. The summed E-state index contributed by atoms with van der Waals surface area (Å²) in [5.41, 5.74) is 0.529. The topological polar surface area (TPSA) is 98.7 Å². The first-order valence-corrected chi connectivity index (χ1v) is 7.73. The first-order valence-electron chi connectivity index (χ1n) is 6.08. The minimum Gasteiger partial charge on any atom is -0.508 e. The summed E-state index contributed by atoms with van der Waals surface area (Å²) in [7, 11) is -3.25. The van der Waals surface area contributed by atoms with Gasteiger partial charge in [0.25, 0.3) is 0 Å². The van der Waals surface area contributed by atoms with Crippen LogP contribution in [0.2, 0.25) is 0 Å². The van der Waals surface area contributed by atoms with Gasteiger partial charge in [-0.3, -0.25) is 0 Å². The van der Waals surface area contributed by atoms with Crippen LogP contribution in [-0.4, -0.2) is 37.5 Å². The van der Waals surface area contributed by atoms with Crippen molar-refractivity contribution in [2.45, 2.75) is 19.9 Å². The fourth-order valence-electron chi connectivity index (χ4n) is 1.70. The molecule has 0 saturated heterocycles. The maximum atomic E-state index is 11.4. The Kier molecular flexibility index (Phi) is 5.59. The molecule has 0 aliphatic heterocycles.